The molecule has 94 valence electrons. The minimum Gasteiger partial charge on any atom is -0.491 e. The SMILES string of the molecule is CC(C)Oc1cccc(C(C(N)=S)N(C)C)c1. The molecule has 0 radical (unpaired) electrons. The van der Waals surface area contributed by atoms with Crippen molar-refractivity contribution in [1.82, 2.24) is 4.90 Å². The van der Waals surface area contributed by atoms with Crippen molar-refractivity contribution in [3.63, 3.8) is 0 Å². The molecule has 0 fully saturated rings. The van der Waals surface area contributed by atoms with Gasteiger partial charge < -0.3 is 10.5 Å². The molecule has 1 rings (SSSR count). The smallest absolute Gasteiger partial charge is 0.120 e. The molecule has 0 saturated carbocycles. The summed E-state index contributed by atoms with van der Waals surface area (Å²) in [6.07, 6.45) is 0.160. The second-order valence-corrected chi connectivity index (χ2v) is 4.98. The van der Waals surface area contributed by atoms with Crippen molar-refractivity contribution in [2.75, 3.05) is 14.1 Å². The molecule has 0 heterocycles. The predicted molar refractivity (Wildman–Crippen MR) is 75.4 cm³/mol. The standard InChI is InChI=1S/C13H20N2OS/c1-9(2)16-11-7-5-6-10(8-11)12(13(14)17)15(3)4/h5-9,12H,1-4H3,(H2,14,17). The van der Waals surface area contributed by atoms with Crippen LogP contribution in [0.5, 0.6) is 5.75 Å². The number of likely N-dealkylation sites (N-methyl/N-ethyl adjacent to an activating group) is 1. The first-order valence-electron chi connectivity index (χ1n) is 5.64. The predicted octanol–water partition coefficient (Wildman–Crippen LogP) is 2.36. The van der Waals surface area contributed by atoms with E-state index in [4.69, 9.17) is 22.7 Å². The maximum Gasteiger partial charge on any atom is 0.120 e. The Kier molecular flexibility index (Phi) is 4.90. The zero-order chi connectivity index (χ0) is 13.0. The third kappa shape index (κ3) is 3.98. The van der Waals surface area contributed by atoms with Crippen LogP contribution in [0.4, 0.5) is 0 Å². The van der Waals surface area contributed by atoms with Crippen LogP contribution in [0.3, 0.4) is 0 Å². The van der Waals surface area contributed by atoms with Gasteiger partial charge in [-0.1, -0.05) is 24.4 Å². The van der Waals surface area contributed by atoms with Gasteiger partial charge in [-0.05, 0) is 45.6 Å². The molecule has 2 N–H and O–H groups in total. The number of benzene rings is 1. The highest BCUT2D eigenvalue weighted by Gasteiger charge is 2.17. The van der Waals surface area contributed by atoms with Crippen molar-refractivity contribution in [1.29, 1.82) is 0 Å². The van der Waals surface area contributed by atoms with E-state index in [0.717, 1.165) is 11.3 Å². The number of rotatable bonds is 5. The topological polar surface area (TPSA) is 38.5 Å². The zero-order valence-electron chi connectivity index (χ0n) is 10.8. The van der Waals surface area contributed by atoms with E-state index in [0.29, 0.717) is 4.99 Å². The summed E-state index contributed by atoms with van der Waals surface area (Å²) >= 11 is 5.10. The second kappa shape index (κ2) is 5.98. The monoisotopic (exact) mass is 252 g/mol. The molecule has 3 nitrogen and oxygen atoms in total. The van der Waals surface area contributed by atoms with Crippen molar-refractivity contribution in [2.24, 2.45) is 5.73 Å². The molecule has 1 unspecified atom stereocenters. The van der Waals surface area contributed by atoms with E-state index in [1.54, 1.807) is 0 Å². The average molecular weight is 252 g/mol. The quantitative estimate of drug-likeness (QED) is 0.817. The van der Waals surface area contributed by atoms with E-state index >= 15 is 0 Å². The molecule has 0 aromatic heterocycles. The summed E-state index contributed by atoms with van der Waals surface area (Å²) in [5.74, 6) is 0.848. The first kappa shape index (κ1) is 13.9. The molecule has 1 aromatic rings. The highest BCUT2D eigenvalue weighted by atomic mass is 32.1. The summed E-state index contributed by atoms with van der Waals surface area (Å²) < 4.78 is 5.66. The Morgan fingerprint density at radius 1 is 1.35 bits per heavy atom. The lowest BCUT2D eigenvalue weighted by Crippen LogP contribution is -2.31. The van der Waals surface area contributed by atoms with Gasteiger partial charge in [-0.3, -0.25) is 4.90 Å². The number of hydrogen-bond donors (Lipinski definition) is 1. The molecule has 0 bridgehead atoms. The molecule has 1 aromatic carbocycles. The minimum absolute atomic E-state index is 0.0549. The van der Waals surface area contributed by atoms with E-state index in [1.807, 2.05) is 57.1 Å². The maximum atomic E-state index is 5.77. The van der Waals surface area contributed by atoms with Gasteiger partial charge in [0.15, 0.2) is 0 Å². The van der Waals surface area contributed by atoms with Crippen LogP contribution in [0.2, 0.25) is 0 Å². The van der Waals surface area contributed by atoms with Crippen molar-refractivity contribution in [3.05, 3.63) is 29.8 Å². The van der Waals surface area contributed by atoms with Crippen molar-refractivity contribution < 1.29 is 4.74 Å². The largest absolute Gasteiger partial charge is 0.491 e. The summed E-state index contributed by atoms with van der Waals surface area (Å²) in [6.45, 7) is 4.01. The summed E-state index contributed by atoms with van der Waals surface area (Å²) in [5, 5.41) is 0. The highest BCUT2D eigenvalue weighted by Crippen LogP contribution is 2.23. The zero-order valence-corrected chi connectivity index (χ0v) is 11.6. The highest BCUT2D eigenvalue weighted by molar-refractivity contribution is 7.80. The Balaban J connectivity index is 3.00. The van der Waals surface area contributed by atoms with Gasteiger partial charge >= 0.3 is 0 Å². The summed E-state index contributed by atoms with van der Waals surface area (Å²) in [7, 11) is 3.92. The average Bonchev–Trinajstić information content (AvgIpc) is 2.15. The molecule has 0 spiro atoms. The van der Waals surface area contributed by atoms with Crippen molar-refractivity contribution >= 4 is 17.2 Å². The first-order chi connectivity index (χ1) is 7.91. The summed E-state index contributed by atoms with van der Waals surface area (Å²) in [6, 6.07) is 7.85. The van der Waals surface area contributed by atoms with Gasteiger partial charge in [-0.2, -0.15) is 0 Å². The maximum absolute atomic E-state index is 5.77. The van der Waals surface area contributed by atoms with Crippen molar-refractivity contribution in [3.8, 4) is 5.75 Å². The second-order valence-electron chi connectivity index (χ2n) is 4.51. The molecule has 0 saturated heterocycles. The third-order valence-corrected chi connectivity index (χ3v) is 2.55. The van der Waals surface area contributed by atoms with E-state index in [9.17, 15) is 0 Å². The Labute approximate surface area is 109 Å². The van der Waals surface area contributed by atoms with Gasteiger partial charge in [-0.25, -0.2) is 0 Å². The van der Waals surface area contributed by atoms with Crippen LogP contribution in [0.1, 0.15) is 25.5 Å². The van der Waals surface area contributed by atoms with E-state index in [-0.39, 0.29) is 12.1 Å². The molecular formula is C13H20N2OS. The fourth-order valence-corrected chi connectivity index (χ4v) is 2.09. The molecule has 0 amide bonds. The third-order valence-electron chi connectivity index (χ3n) is 2.33. The normalized spacial score (nSPS) is 12.8. The minimum atomic E-state index is -0.0549. The molecule has 0 aliphatic rings. The van der Waals surface area contributed by atoms with Gasteiger partial charge in [-0.15, -0.1) is 0 Å². The lowest BCUT2D eigenvalue weighted by Gasteiger charge is -2.24. The number of nitrogens with zero attached hydrogens (tertiary/aromatic N) is 1. The van der Waals surface area contributed by atoms with Gasteiger partial charge in [0.05, 0.1) is 17.1 Å². The van der Waals surface area contributed by atoms with Gasteiger partial charge in [0.25, 0.3) is 0 Å². The molecule has 4 heteroatoms. The molecule has 0 aliphatic heterocycles. The fourth-order valence-electron chi connectivity index (χ4n) is 1.75. The van der Waals surface area contributed by atoms with Crippen LogP contribution < -0.4 is 10.5 Å². The van der Waals surface area contributed by atoms with Gasteiger partial charge in [0.2, 0.25) is 0 Å². The first-order valence-corrected chi connectivity index (χ1v) is 6.05. The molecule has 1 atom stereocenters. The van der Waals surface area contributed by atoms with E-state index < -0.39 is 0 Å². The van der Waals surface area contributed by atoms with Crippen LogP contribution in [-0.2, 0) is 0 Å². The summed E-state index contributed by atoms with van der Waals surface area (Å²) in [4.78, 5) is 2.47. The van der Waals surface area contributed by atoms with Crippen LogP contribution >= 0.6 is 12.2 Å². The van der Waals surface area contributed by atoms with E-state index in [1.165, 1.54) is 0 Å². The molecular weight excluding hydrogens is 232 g/mol. The Bertz CT molecular complexity index is 391. The lowest BCUT2D eigenvalue weighted by molar-refractivity contribution is 0.241. The summed E-state index contributed by atoms with van der Waals surface area (Å²) in [5.41, 5.74) is 6.83. The van der Waals surface area contributed by atoms with Crippen molar-refractivity contribution in [2.45, 2.75) is 26.0 Å². The Morgan fingerprint density at radius 2 is 2.00 bits per heavy atom. The Morgan fingerprint density at radius 3 is 2.47 bits per heavy atom. The van der Waals surface area contributed by atoms with Gasteiger partial charge in [0.1, 0.15) is 5.75 Å². The number of nitrogens with two attached hydrogens (primary N) is 1. The number of thiocarbonyl (C=S) groups is 1. The van der Waals surface area contributed by atoms with Crippen LogP contribution in [-0.4, -0.2) is 30.1 Å². The van der Waals surface area contributed by atoms with Crippen LogP contribution in [0, 0.1) is 0 Å². The number of ether oxygens (including phenoxy) is 1. The number of hydrogen-bond acceptors (Lipinski definition) is 3. The van der Waals surface area contributed by atoms with Crippen LogP contribution in [0.15, 0.2) is 24.3 Å². The van der Waals surface area contributed by atoms with Gasteiger partial charge in [0, 0.05) is 0 Å². The van der Waals surface area contributed by atoms with E-state index in [2.05, 4.69) is 0 Å². The molecule has 0 aliphatic carbocycles. The molecule has 17 heavy (non-hydrogen) atoms. The fraction of sp³-hybridized carbons (Fsp3) is 0.462. The lowest BCUT2D eigenvalue weighted by atomic mass is 10.1. The van der Waals surface area contributed by atoms with Crippen LogP contribution in [0.25, 0.3) is 0 Å². The Hall–Kier alpha value is -1.13.